The van der Waals surface area contributed by atoms with Crippen LogP contribution in [0.5, 0.6) is 0 Å². The van der Waals surface area contributed by atoms with Gasteiger partial charge < -0.3 is 10.0 Å². The van der Waals surface area contributed by atoms with Gasteiger partial charge in [-0.2, -0.15) is 0 Å². The van der Waals surface area contributed by atoms with E-state index < -0.39 is 6.09 Å². The summed E-state index contributed by atoms with van der Waals surface area (Å²) in [5.74, 6) is 0.606. The Morgan fingerprint density at radius 2 is 2.00 bits per heavy atom. The van der Waals surface area contributed by atoms with Gasteiger partial charge in [-0.15, -0.1) is 5.10 Å². The highest BCUT2D eigenvalue weighted by Gasteiger charge is 2.20. The second-order valence-electron chi connectivity index (χ2n) is 5.36. The van der Waals surface area contributed by atoms with Crippen molar-refractivity contribution in [3.63, 3.8) is 0 Å². The third-order valence-electron chi connectivity index (χ3n) is 3.87. The van der Waals surface area contributed by atoms with Crippen LogP contribution in [-0.2, 0) is 6.54 Å². The van der Waals surface area contributed by atoms with Gasteiger partial charge in [0.2, 0.25) is 0 Å². The van der Waals surface area contributed by atoms with E-state index >= 15 is 0 Å². The number of nitrogens with zero attached hydrogens (tertiary/aromatic N) is 5. The standard InChI is InChI=1S/C15H18N6O2/c22-15(23)21-9-7-20(8-10-21)11-13-4-2-1-3-12(13)5-6-14-16-18-19-17-14/h1-6H,7-11H2,(H,22,23)(H,16,17,18,19). The van der Waals surface area contributed by atoms with Gasteiger partial charge in [-0.3, -0.25) is 4.90 Å². The molecule has 0 radical (unpaired) electrons. The molecule has 1 aromatic heterocycles. The number of carbonyl (C=O) groups is 1. The average Bonchev–Trinajstić information content (AvgIpc) is 3.08. The molecule has 3 rings (SSSR count). The van der Waals surface area contributed by atoms with Crippen molar-refractivity contribution in [2.75, 3.05) is 26.2 Å². The number of tetrazole rings is 1. The van der Waals surface area contributed by atoms with Crippen LogP contribution in [0, 0.1) is 0 Å². The van der Waals surface area contributed by atoms with Gasteiger partial charge in [0, 0.05) is 32.7 Å². The van der Waals surface area contributed by atoms with Gasteiger partial charge in [-0.25, -0.2) is 9.89 Å². The molecule has 1 aliphatic heterocycles. The van der Waals surface area contributed by atoms with E-state index in [4.69, 9.17) is 5.11 Å². The summed E-state index contributed by atoms with van der Waals surface area (Å²) in [6, 6.07) is 8.13. The van der Waals surface area contributed by atoms with E-state index in [9.17, 15) is 4.79 Å². The molecule has 8 heteroatoms. The SMILES string of the molecule is O=C(O)N1CCN(Cc2ccccc2C=Cc2nnn[nH]2)CC1. The van der Waals surface area contributed by atoms with Crippen LogP contribution in [0.3, 0.4) is 0 Å². The Morgan fingerprint density at radius 3 is 2.70 bits per heavy atom. The normalized spacial score (nSPS) is 16.1. The van der Waals surface area contributed by atoms with Crippen molar-refractivity contribution in [2.24, 2.45) is 0 Å². The predicted octanol–water partition coefficient (Wildman–Crippen LogP) is 1.17. The first-order valence-corrected chi connectivity index (χ1v) is 7.42. The number of nitrogens with one attached hydrogen (secondary N) is 1. The van der Waals surface area contributed by atoms with E-state index in [-0.39, 0.29) is 0 Å². The summed E-state index contributed by atoms with van der Waals surface area (Å²) >= 11 is 0. The average molecular weight is 314 g/mol. The molecule has 1 aromatic carbocycles. The van der Waals surface area contributed by atoms with Crippen molar-refractivity contribution in [1.82, 2.24) is 30.4 Å². The lowest BCUT2D eigenvalue weighted by atomic mass is 10.1. The number of rotatable bonds is 4. The summed E-state index contributed by atoms with van der Waals surface area (Å²) in [7, 11) is 0. The van der Waals surface area contributed by atoms with Crippen molar-refractivity contribution >= 4 is 18.2 Å². The zero-order valence-corrected chi connectivity index (χ0v) is 12.6. The molecule has 8 nitrogen and oxygen atoms in total. The highest BCUT2D eigenvalue weighted by Crippen LogP contribution is 2.16. The second-order valence-corrected chi connectivity index (χ2v) is 5.36. The van der Waals surface area contributed by atoms with E-state index in [2.05, 4.69) is 31.6 Å². The number of hydrogen-bond donors (Lipinski definition) is 2. The number of H-pyrrole nitrogens is 1. The first-order chi connectivity index (χ1) is 11.2. The lowest BCUT2D eigenvalue weighted by Gasteiger charge is -2.33. The maximum absolute atomic E-state index is 11.0. The Kier molecular flexibility index (Phi) is 4.62. The molecular formula is C15H18N6O2. The van der Waals surface area contributed by atoms with Crippen molar-refractivity contribution < 1.29 is 9.90 Å². The molecule has 1 aliphatic rings. The minimum absolute atomic E-state index is 0.553. The van der Waals surface area contributed by atoms with Gasteiger partial charge in [-0.1, -0.05) is 30.3 Å². The van der Waals surface area contributed by atoms with Gasteiger partial charge in [0.15, 0.2) is 5.82 Å². The maximum Gasteiger partial charge on any atom is 0.407 e. The molecule has 1 amide bonds. The highest BCUT2D eigenvalue weighted by atomic mass is 16.4. The zero-order valence-electron chi connectivity index (χ0n) is 12.6. The summed E-state index contributed by atoms with van der Waals surface area (Å²) in [6.45, 7) is 3.39. The number of aromatic amines is 1. The van der Waals surface area contributed by atoms with E-state index in [1.54, 1.807) is 0 Å². The van der Waals surface area contributed by atoms with Crippen molar-refractivity contribution in [3.8, 4) is 0 Å². The van der Waals surface area contributed by atoms with Gasteiger partial charge in [0.25, 0.3) is 0 Å². The molecule has 2 heterocycles. The molecule has 0 aliphatic carbocycles. The Bertz CT molecular complexity index is 677. The number of aromatic nitrogens is 4. The van der Waals surface area contributed by atoms with Crippen LogP contribution in [0.4, 0.5) is 4.79 Å². The monoisotopic (exact) mass is 314 g/mol. The topological polar surface area (TPSA) is 98.2 Å². The number of hydrogen-bond acceptors (Lipinski definition) is 5. The smallest absolute Gasteiger partial charge is 0.407 e. The fraction of sp³-hybridized carbons (Fsp3) is 0.333. The fourth-order valence-corrected chi connectivity index (χ4v) is 2.58. The minimum atomic E-state index is -0.839. The fourth-order valence-electron chi connectivity index (χ4n) is 2.58. The molecule has 120 valence electrons. The Balaban J connectivity index is 1.65. The van der Waals surface area contributed by atoms with Crippen molar-refractivity contribution in [3.05, 3.63) is 41.2 Å². The third kappa shape index (κ3) is 3.92. The van der Waals surface area contributed by atoms with Crippen LogP contribution >= 0.6 is 0 Å². The summed E-state index contributed by atoms with van der Waals surface area (Å²) < 4.78 is 0. The largest absolute Gasteiger partial charge is 0.465 e. The quantitative estimate of drug-likeness (QED) is 0.879. The van der Waals surface area contributed by atoms with Crippen LogP contribution in [-0.4, -0.2) is 67.8 Å². The first-order valence-electron chi connectivity index (χ1n) is 7.42. The van der Waals surface area contributed by atoms with Crippen LogP contribution in [0.25, 0.3) is 12.2 Å². The molecule has 0 spiro atoms. The van der Waals surface area contributed by atoms with E-state index in [1.807, 2.05) is 30.4 Å². The Morgan fingerprint density at radius 1 is 1.22 bits per heavy atom. The van der Waals surface area contributed by atoms with Gasteiger partial charge in [0.05, 0.1) is 0 Å². The molecule has 0 saturated carbocycles. The zero-order chi connectivity index (χ0) is 16.1. The Labute approximate surface area is 133 Å². The lowest BCUT2D eigenvalue weighted by molar-refractivity contribution is 0.103. The minimum Gasteiger partial charge on any atom is -0.465 e. The first kappa shape index (κ1) is 15.2. The number of benzene rings is 1. The molecular weight excluding hydrogens is 296 g/mol. The predicted molar refractivity (Wildman–Crippen MR) is 84.4 cm³/mol. The molecule has 0 bridgehead atoms. The van der Waals surface area contributed by atoms with Crippen LogP contribution in [0.15, 0.2) is 24.3 Å². The maximum atomic E-state index is 11.0. The Hall–Kier alpha value is -2.74. The van der Waals surface area contributed by atoms with E-state index in [0.717, 1.165) is 25.2 Å². The van der Waals surface area contributed by atoms with Gasteiger partial charge >= 0.3 is 6.09 Å². The van der Waals surface area contributed by atoms with Crippen LogP contribution in [0.2, 0.25) is 0 Å². The summed E-state index contributed by atoms with van der Waals surface area (Å²) in [6.07, 6.45) is 2.97. The van der Waals surface area contributed by atoms with Crippen molar-refractivity contribution in [2.45, 2.75) is 6.54 Å². The molecule has 1 saturated heterocycles. The molecule has 0 atom stereocenters. The highest BCUT2D eigenvalue weighted by molar-refractivity contribution is 5.68. The number of carboxylic acid groups (broad SMARTS) is 1. The number of amides is 1. The lowest BCUT2D eigenvalue weighted by Crippen LogP contribution is -2.47. The van der Waals surface area contributed by atoms with Crippen LogP contribution in [0.1, 0.15) is 17.0 Å². The summed E-state index contributed by atoms with van der Waals surface area (Å²) in [5, 5.41) is 22.6. The summed E-state index contributed by atoms with van der Waals surface area (Å²) in [4.78, 5) is 14.7. The molecule has 23 heavy (non-hydrogen) atoms. The van der Waals surface area contributed by atoms with Crippen molar-refractivity contribution in [1.29, 1.82) is 0 Å². The molecule has 2 N–H and O–H groups in total. The number of piperazine rings is 1. The van der Waals surface area contributed by atoms with Gasteiger partial charge in [-0.05, 0) is 27.6 Å². The summed E-state index contributed by atoms with van der Waals surface area (Å²) in [5.41, 5.74) is 2.30. The van der Waals surface area contributed by atoms with E-state index in [1.165, 1.54) is 10.5 Å². The third-order valence-corrected chi connectivity index (χ3v) is 3.87. The van der Waals surface area contributed by atoms with Crippen LogP contribution < -0.4 is 0 Å². The molecule has 0 unspecified atom stereocenters. The molecule has 2 aromatic rings. The molecule has 1 fully saturated rings. The van der Waals surface area contributed by atoms with Gasteiger partial charge in [0.1, 0.15) is 0 Å². The van der Waals surface area contributed by atoms with E-state index in [0.29, 0.717) is 18.9 Å². The second kappa shape index (κ2) is 7.01.